The number of ether oxygens (including phenoxy) is 3. The smallest absolute Gasteiger partial charge is 0.161 e. The largest absolute Gasteiger partial charge is 0.494 e. The third kappa shape index (κ3) is 3.14. The van der Waals surface area contributed by atoms with Crippen molar-refractivity contribution in [2.24, 2.45) is 0 Å². The van der Waals surface area contributed by atoms with E-state index in [1.165, 1.54) is 22.3 Å². The molecule has 0 spiro atoms. The molecule has 0 fully saturated rings. The molecule has 0 saturated carbocycles. The maximum atomic E-state index is 5.83. The van der Waals surface area contributed by atoms with Crippen molar-refractivity contribution >= 4 is 0 Å². The molecule has 2 heterocycles. The molecule has 4 nitrogen and oxygen atoms in total. The highest BCUT2D eigenvalue weighted by Gasteiger charge is 2.27. The Labute approximate surface area is 155 Å². The number of hydrogen-bond acceptors (Lipinski definition) is 4. The summed E-state index contributed by atoms with van der Waals surface area (Å²) >= 11 is 0. The maximum Gasteiger partial charge on any atom is 0.161 e. The molecular formula is C22H27NO3. The minimum atomic E-state index is 0.169. The summed E-state index contributed by atoms with van der Waals surface area (Å²) in [5, 5.41) is 3.71. The Balaban J connectivity index is 1.78. The van der Waals surface area contributed by atoms with Gasteiger partial charge in [-0.25, -0.2) is 0 Å². The molecule has 0 aromatic heterocycles. The normalized spacial score (nSPS) is 18.5. The second-order valence-corrected chi connectivity index (χ2v) is 7.21. The first kappa shape index (κ1) is 17.2. The molecule has 2 aliphatic rings. The molecule has 2 aromatic carbocycles. The van der Waals surface area contributed by atoms with Gasteiger partial charge in [0.1, 0.15) is 19.0 Å². The first-order valence-electron chi connectivity index (χ1n) is 9.59. The summed E-state index contributed by atoms with van der Waals surface area (Å²) in [6.45, 7) is 9.39. The van der Waals surface area contributed by atoms with Crippen LogP contribution in [0.5, 0.6) is 17.2 Å². The van der Waals surface area contributed by atoms with Crippen LogP contribution in [0.1, 0.15) is 55.0 Å². The predicted molar refractivity (Wildman–Crippen MR) is 103 cm³/mol. The second-order valence-electron chi connectivity index (χ2n) is 7.21. The van der Waals surface area contributed by atoms with E-state index in [1.54, 1.807) is 0 Å². The van der Waals surface area contributed by atoms with Gasteiger partial charge in [-0.3, -0.25) is 0 Å². The van der Waals surface area contributed by atoms with Crippen molar-refractivity contribution in [3.8, 4) is 17.2 Å². The summed E-state index contributed by atoms with van der Waals surface area (Å²) < 4.78 is 17.3. The monoisotopic (exact) mass is 353 g/mol. The fraction of sp³-hybridized carbons (Fsp3) is 0.455. The molecule has 138 valence electrons. The predicted octanol–water partition coefficient (Wildman–Crippen LogP) is 4.22. The molecule has 0 aliphatic carbocycles. The summed E-state index contributed by atoms with van der Waals surface area (Å²) in [6, 6.07) is 11.0. The zero-order chi connectivity index (χ0) is 18.1. The van der Waals surface area contributed by atoms with Crippen LogP contribution in [0.2, 0.25) is 0 Å². The van der Waals surface area contributed by atoms with E-state index in [9.17, 15) is 0 Å². The number of nitrogens with one attached hydrogen (secondary N) is 1. The number of hydrogen-bond donors (Lipinski definition) is 1. The van der Waals surface area contributed by atoms with Crippen LogP contribution in [0.15, 0.2) is 30.3 Å². The van der Waals surface area contributed by atoms with Crippen LogP contribution in [0.4, 0.5) is 0 Å². The Morgan fingerprint density at radius 2 is 1.85 bits per heavy atom. The van der Waals surface area contributed by atoms with Crippen LogP contribution in [-0.4, -0.2) is 26.4 Å². The van der Waals surface area contributed by atoms with E-state index in [1.807, 2.05) is 6.92 Å². The molecule has 2 aliphatic heterocycles. The van der Waals surface area contributed by atoms with E-state index in [0.29, 0.717) is 25.7 Å². The molecule has 0 amide bonds. The van der Waals surface area contributed by atoms with Gasteiger partial charge in [0.2, 0.25) is 0 Å². The van der Waals surface area contributed by atoms with Crippen molar-refractivity contribution in [1.29, 1.82) is 0 Å². The average molecular weight is 353 g/mol. The SMILES string of the molecule is CCOc1ccc(C2NCCc3cc4c(cc32)OCCO4)c(C(C)C)c1. The fourth-order valence-electron chi connectivity index (χ4n) is 3.94. The topological polar surface area (TPSA) is 39.7 Å². The van der Waals surface area contributed by atoms with Crippen molar-refractivity contribution in [2.75, 3.05) is 26.4 Å². The van der Waals surface area contributed by atoms with Gasteiger partial charge in [-0.05, 0) is 65.8 Å². The minimum absolute atomic E-state index is 0.169. The van der Waals surface area contributed by atoms with Gasteiger partial charge in [0.05, 0.1) is 12.6 Å². The van der Waals surface area contributed by atoms with Gasteiger partial charge in [-0.1, -0.05) is 19.9 Å². The Hall–Kier alpha value is -2.20. The molecule has 4 heteroatoms. The van der Waals surface area contributed by atoms with E-state index in [0.717, 1.165) is 30.2 Å². The Kier molecular flexibility index (Phi) is 4.77. The standard InChI is InChI=1S/C22H27NO3/c1-4-24-16-5-6-17(18(12-16)14(2)3)22-19-13-21-20(25-9-10-26-21)11-15(19)7-8-23-22/h5-6,11-14,22-23H,4,7-10H2,1-3H3. The summed E-state index contributed by atoms with van der Waals surface area (Å²) in [6.07, 6.45) is 1.01. The van der Waals surface area contributed by atoms with E-state index in [2.05, 4.69) is 49.5 Å². The van der Waals surface area contributed by atoms with Crippen molar-refractivity contribution < 1.29 is 14.2 Å². The van der Waals surface area contributed by atoms with Crippen LogP contribution in [0, 0.1) is 0 Å². The fourth-order valence-corrected chi connectivity index (χ4v) is 3.94. The third-order valence-electron chi connectivity index (χ3n) is 5.16. The van der Waals surface area contributed by atoms with Crippen molar-refractivity contribution in [3.63, 3.8) is 0 Å². The first-order valence-corrected chi connectivity index (χ1v) is 9.59. The number of rotatable bonds is 4. The molecule has 4 rings (SSSR count). The first-order chi connectivity index (χ1) is 12.7. The lowest BCUT2D eigenvalue weighted by molar-refractivity contribution is 0.171. The van der Waals surface area contributed by atoms with E-state index in [-0.39, 0.29) is 6.04 Å². The van der Waals surface area contributed by atoms with Gasteiger partial charge in [0.25, 0.3) is 0 Å². The summed E-state index contributed by atoms with van der Waals surface area (Å²) in [4.78, 5) is 0. The average Bonchev–Trinajstić information content (AvgIpc) is 2.66. The zero-order valence-electron chi connectivity index (χ0n) is 15.8. The van der Waals surface area contributed by atoms with E-state index in [4.69, 9.17) is 14.2 Å². The quantitative estimate of drug-likeness (QED) is 0.894. The molecule has 1 unspecified atom stereocenters. The molecule has 0 saturated heterocycles. The van der Waals surface area contributed by atoms with E-state index >= 15 is 0 Å². The lowest BCUT2D eigenvalue weighted by Crippen LogP contribution is -2.32. The summed E-state index contributed by atoms with van der Waals surface area (Å²) in [5.74, 6) is 3.11. The Bertz CT molecular complexity index is 800. The van der Waals surface area contributed by atoms with Crippen molar-refractivity contribution in [2.45, 2.75) is 39.2 Å². The van der Waals surface area contributed by atoms with Gasteiger partial charge >= 0.3 is 0 Å². The summed E-state index contributed by atoms with van der Waals surface area (Å²) in [7, 11) is 0. The highest BCUT2D eigenvalue weighted by molar-refractivity contribution is 5.53. The highest BCUT2D eigenvalue weighted by Crippen LogP contribution is 2.41. The van der Waals surface area contributed by atoms with Crippen LogP contribution < -0.4 is 19.5 Å². The number of benzene rings is 2. The zero-order valence-corrected chi connectivity index (χ0v) is 15.8. The highest BCUT2D eigenvalue weighted by atomic mass is 16.6. The van der Waals surface area contributed by atoms with Crippen LogP contribution in [0.3, 0.4) is 0 Å². The maximum absolute atomic E-state index is 5.83. The van der Waals surface area contributed by atoms with E-state index < -0.39 is 0 Å². The van der Waals surface area contributed by atoms with Crippen molar-refractivity contribution in [3.05, 3.63) is 52.6 Å². The minimum Gasteiger partial charge on any atom is -0.494 e. The molecular weight excluding hydrogens is 326 g/mol. The third-order valence-corrected chi connectivity index (χ3v) is 5.16. The van der Waals surface area contributed by atoms with Gasteiger partial charge in [-0.2, -0.15) is 0 Å². The Morgan fingerprint density at radius 3 is 2.58 bits per heavy atom. The molecule has 0 bridgehead atoms. The van der Waals surface area contributed by atoms with Gasteiger partial charge < -0.3 is 19.5 Å². The van der Waals surface area contributed by atoms with Crippen LogP contribution in [0.25, 0.3) is 0 Å². The molecule has 26 heavy (non-hydrogen) atoms. The molecule has 0 radical (unpaired) electrons. The Morgan fingerprint density at radius 1 is 1.08 bits per heavy atom. The number of fused-ring (bicyclic) bond motifs is 2. The molecule has 2 aromatic rings. The van der Waals surface area contributed by atoms with Gasteiger partial charge in [0.15, 0.2) is 11.5 Å². The van der Waals surface area contributed by atoms with Crippen molar-refractivity contribution in [1.82, 2.24) is 5.32 Å². The molecule has 1 atom stereocenters. The lowest BCUT2D eigenvalue weighted by atomic mass is 9.84. The van der Waals surface area contributed by atoms with Crippen LogP contribution in [-0.2, 0) is 6.42 Å². The lowest BCUT2D eigenvalue weighted by Gasteiger charge is -2.31. The summed E-state index contributed by atoms with van der Waals surface area (Å²) in [5.41, 5.74) is 5.30. The second kappa shape index (κ2) is 7.20. The van der Waals surface area contributed by atoms with Gasteiger partial charge in [-0.15, -0.1) is 0 Å². The molecule has 1 N–H and O–H groups in total. The van der Waals surface area contributed by atoms with Gasteiger partial charge in [0, 0.05) is 6.54 Å². The van der Waals surface area contributed by atoms with Crippen LogP contribution >= 0.6 is 0 Å².